The molecule has 0 atom stereocenters. The fourth-order valence-corrected chi connectivity index (χ4v) is 4.77. The number of halogens is 3. The Morgan fingerprint density at radius 3 is 2.35 bits per heavy atom. The molecule has 1 amide bonds. The Kier molecular flexibility index (Phi) is 6.90. The molecule has 1 saturated heterocycles. The van der Waals surface area contributed by atoms with Crippen molar-refractivity contribution < 1.29 is 31.1 Å². The highest BCUT2D eigenvalue weighted by atomic mass is 32.2. The Balaban J connectivity index is 1.56. The number of benzene rings is 2. The summed E-state index contributed by atoms with van der Waals surface area (Å²) in [6.07, 6.45) is 0.123. The molecule has 0 N–H and O–H groups in total. The van der Waals surface area contributed by atoms with Crippen LogP contribution in [-0.4, -0.2) is 56.3 Å². The van der Waals surface area contributed by atoms with Gasteiger partial charge >= 0.3 is 0 Å². The van der Waals surface area contributed by atoms with Crippen LogP contribution in [-0.2, 0) is 14.8 Å². The Labute approximate surface area is 179 Å². The van der Waals surface area contributed by atoms with Crippen molar-refractivity contribution in [2.45, 2.75) is 25.2 Å². The average molecular weight is 456 g/mol. The van der Waals surface area contributed by atoms with Crippen molar-refractivity contribution >= 4 is 15.9 Å². The predicted molar refractivity (Wildman–Crippen MR) is 108 cm³/mol. The quantitative estimate of drug-likeness (QED) is 0.627. The SMILES string of the molecule is Cc1ccc(C)c(OCCC(=O)N2CCN(S(=O)(=O)c3ccc(F)c(F)c3F)CC2)c1. The number of rotatable bonds is 6. The first-order chi connectivity index (χ1) is 14.6. The Morgan fingerprint density at radius 1 is 1.00 bits per heavy atom. The molecule has 2 aromatic carbocycles. The number of nitrogens with zero attached hydrogens (tertiary/aromatic N) is 2. The first-order valence-corrected chi connectivity index (χ1v) is 11.2. The molecule has 2 aromatic rings. The zero-order chi connectivity index (χ0) is 22.8. The van der Waals surface area contributed by atoms with Gasteiger partial charge in [-0.2, -0.15) is 4.31 Å². The summed E-state index contributed by atoms with van der Waals surface area (Å²) in [5, 5.41) is 0. The molecule has 3 rings (SSSR count). The van der Waals surface area contributed by atoms with Crippen LogP contribution in [0.4, 0.5) is 13.2 Å². The number of carbonyl (C=O) groups excluding carboxylic acids is 1. The molecule has 0 saturated carbocycles. The van der Waals surface area contributed by atoms with E-state index in [4.69, 9.17) is 4.74 Å². The second-order valence-electron chi connectivity index (χ2n) is 7.33. The Hall–Kier alpha value is -2.59. The highest BCUT2D eigenvalue weighted by molar-refractivity contribution is 7.89. The van der Waals surface area contributed by atoms with E-state index in [9.17, 15) is 26.4 Å². The molecule has 1 heterocycles. The van der Waals surface area contributed by atoms with Crippen LogP contribution < -0.4 is 4.74 Å². The maximum absolute atomic E-state index is 14.0. The maximum atomic E-state index is 14.0. The molecule has 0 aliphatic carbocycles. The number of hydrogen-bond donors (Lipinski definition) is 0. The third kappa shape index (κ3) is 5.01. The molecule has 0 radical (unpaired) electrons. The number of hydrogen-bond acceptors (Lipinski definition) is 4. The van der Waals surface area contributed by atoms with Gasteiger partial charge in [0.15, 0.2) is 17.5 Å². The summed E-state index contributed by atoms with van der Waals surface area (Å²) in [5.74, 6) is -4.53. The van der Waals surface area contributed by atoms with Crippen molar-refractivity contribution in [1.29, 1.82) is 0 Å². The molecule has 0 spiro atoms. The third-order valence-corrected chi connectivity index (χ3v) is 7.04. The van der Waals surface area contributed by atoms with E-state index in [0.717, 1.165) is 15.4 Å². The van der Waals surface area contributed by atoms with Crippen molar-refractivity contribution in [3.05, 3.63) is 58.9 Å². The predicted octanol–water partition coefficient (Wildman–Crippen LogP) is 3.02. The molecule has 1 aliphatic heterocycles. The number of carbonyl (C=O) groups is 1. The van der Waals surface area contributed by atoms with Crippen LogP contribution in [0, 0.1) is 31.3 Å². The molecule has 1 aliphatic rings. The van der Waals surface area contributed by atoms with Gasteiger partial charge in [0.05, 0.1) is 13.0 Å². The monoisotopic (exact) mass is 456 g/mol. The maximum Gasteiger partial charge on any atom is 0.246 e. The van der Waals surface area contributed by atoms with E-state index < -0.39 is 32.4 Å². The van der Waals surface area contributed by atoms with E-state index >= 15 is 0 Å². The van der Waals surface area contributed by atoms with E-state index in [2.05, 4.69) is 0 Å². The van der Waals surface area contributed by atoms with Crippen molar-refractivity contribution in [2.75, 3.05) is 32.8 Å². The van der Waals surface area contributed by atoms with Gasteiger partial charge in [-0.15, -0.1) is 0 Å². The van der Waals surface area contributed by atoms with E-state index in [1.807, 2.05) is 32.0 Å². The summed E-state index contributed by atoms with van der Waals surface area (Å²) in [6, 6.07) is 7.06. The highest BCUT2D eigenvalue weighted by Gasteiger charge is 2.33. The van der Waals surface area contributed by atoms with Crippen LogP contribution in [0.3, 0.4) is 0 Å². The van der Waals surface area contributed by atoms with Crippen molar-refractivity contribution in [3.63, 3.8) is 0 Å². The normalized spacial score (nSPS) is 15.2. The molecular formula is C21H23F3N2O4S. The molecule has 10 heteroatoms. The number of ether oxygens (including phenoxy) is 1. The first kappa shape index (κ1) is 23.1. The number of piperazine rings is 1. The number of amides is 1. The van der Waals surface area contributed by atoms with Crippen LogP contribution in [0.1, 0.15) is 17.5 Å². The lowest BCUT2D eigenvalue weighted by Crippen LogP contribution is -2.50. The molecule has 31 heavy (non-hydrogen) atoms. The van der Waals surface area contributed by atoms with Crippen LogP contribution in [0.25, 0.3) is 0 Å². The topological polar surface area (TPSA) is 66.9 Å². The number of aryl methyl sites for hydroxylation is 2. The summed E-state index contributed by atoms with van der Waals surface area (Å²) in [5.41, 5.74) is 2.00. The Bertz CT molecular complexity index is 1080. The summed E-state index contributed by atoms with van der Waals surface area (Å²) in [7, 11) is -4.35. The van der Waals surface area contributed by atoms with Crippen LogP contribution in [0.5, 0.6) is 5.75 Å². The van der Waals surface area contributed by atoms with Crippen molar-refractivity contribution in [3.8, 4) is 5.75 Å². The van der Waals surface area contributed by atoms with Gasteiger partial charge in [0.1, 0.15) is 10.6 Å². The summed E-state index contributed by atoms with van der Waals surface area (Å²) in [6.45, 7) is 4.08. The highest BCUT2D eigenvalue weighted by Crippen LogP contribution is 2.24. The fraction of sp³-hybridized carbons (Fsp3) is 0.381. The van der Waals surface area contributed by atoms with Crippen LogP contribution in [0.15, 0.2) is 35.2 Å². The smallest absolute Gasteiger partial charge is 0.246 e. The fourth-order valence-electron chi connectivity index (χ4n) is 3.29. The standard InChI is InChI=1S/C21H23F3N2O4S/c1-14-3-4-15(2)17(13-14)30-12-7-19(27)25-8-10-26(11-9-25)31(28,29)18-6-5-16(22)20(23)21(18)24/h3-6,13H,7-12H2,1-2H3. The van der Waals surface area contributed by atoms with Crippen LogP contribution >= 0.6 is 0 Å². The second kappa shape index (κ2) is 9.27. The second-order valence-corrected chi connectivity index (χ2v) is 9.23. The van der Waals surface area contributed by atoms with Gasteiger partial charge in [-0.3, -0.25) is 4.79 Å². The van der Waals surface area contributed by atoms with E-state index in [-0.39, 0.29) is 45.1 Å². The van der Waals surface area contributed by atoms with Crippen molar-refractivity contribution in [2.24, 2.45) is 0 Å². The first-order valence-electron chi connectivity index (χ1n) is 9.72. The summed E-state index contributed by atoms with van der Waals surface area (Å²) in [4.78, 5) is 13.0. The molecule has 6 nitrogen and oxygen atoms in total. The summed E-state index contributed by atoms with van der Waals surface area (Å²) < 4.78 is 72.4. The molecule has 0 bridgehead atoms. The summed E-state index contributed by atoms with van der Waals surface area (Å²) >= 11 is 0. The zero-order valence-corrected chi connectivity index (χ0v) is 18.0. The molecule has 1 fully saturated rings. The van der Waals surface area contributed by atoms with Gasteiger partial charge in [-0.1, -0.05) is 12.1 Å². The van der Waals surface area contributed by atoms with Gasteiger partial charge in [-0.25, -0.2) is 21.6 Å². The molecular weight excluding hydrogens is 433 g/mol. The van der Waals surface area contributed by atoms with Gasteiger partial charge in [0.2, 0.25) is 15.9 Å². The van der Waals surface area contributed by atoms with E-state index in [1.165, 1.54) is 4.90 Å². The Morgan fingerprint density at radius 2 is 1.68 bits per heavy atom. The van der Waals surface area contributed by atoms with Gasteiger partial charge in [0, 0.05) is 26.2 Å². The minimum Gasteiger partial charge on any atom is -0.493 e. The minimum atomic E-state index is -4.35. The molecule has 0 unspecified atom stereocenters. The average Bonchev–Trinajstić information content (AvgIpc) is 2.74. The van der Waals surface area contributed by atoms with E-state index in [1.54, 1.807) is 0 Å². The molecule has 168 valence electrons. The lowest BCUT2D eigenvalue weighted by atomic mass is 10.1. The molecule has 0 aromatic heterocycles. The lowest BCUT2D eigenvalue weighted by molar-refractivity contribution is -0.132. The van der Waals surface area contributed by atoms with Gasteiger partial charge in [0.25, 0.3) is 0 Å². The van der Waals surface area contributed by atoms with Crippen LogP contribution in [0.2, 0.25) is 0 Å². The third-order valence-electron chi connectivity index (χ3n) is 5.13. The van der Waals surface area contributed by atoms with Gasteiger partial charge in [-0.05, 0) is 43.2 Å². The largest absolute Gasteiger partial charge is 0.493 e. The van der Waals surface area contributed by atoms with E-state index in [0.29, 0.717) is 17.9 Å². The van der Waals surface area contributed by atoms with Crippen molar-refractivity contribution in [1.82, 2.24) is 9.21 Å². The minimum absolute atomic E-state index is 0.0790. The zero-order valence-electron chi connectivity index (χ0n) is 17.2. The van der Waals surface area contributed by atoms with Gasteiger partial charge < -0.3 is 9.64 Å². The lowest BCUT2D eigenvalue weighted by Gasteiger charge is -2.34. The number of sulfonamides is 1.